The maximum Gasteiger partial charge on any atom is 0.192 e. The minimum atomic E-state index is 0.866. The molecular weight excluding hydrogens is 241 g/mol. The number of hydrogen-bond donors (Lipinski definition) is 0. The number of nitrogens with zero attached hydrogens (tertiary/aromatic N) is 1. The molecule has 0 fully saturated rings. The molecule has 0 bridgehead atoms. The Kier molecular flexibility index (Phi) is 2.92. The highest BCUT2D eigenvalue weighted by atomic mass is 127. The Morgan fingerprint density at radius 2 is 2.50 bits per heavy atom. The molecule has 1 rings (SSSR count). The molecule has 2 nitrogen and oxygen atoms in total. The first kappa shape index (κ1) is 7.78. The molecule has 0 aromatic carbocycles. The summed E-state index contributed by atoms with van der Waals surface area (Å²) in [4.78, 5) is 4.14. The van der Waals surface area contributed by atoms with Crippen molar-refractivity contribution in [1.29, 1.82) is 0 Å². The molecule has 0 saturated heterocycles. The summed E-state index contributed by atoms with van der Waals surface area (Å²) in [6.45, 7) is 2.06. The summed E-state index contributed by atoms with van der Waals surface area (Å²) in [6, 6.07) is 3.78. The molecule has 0 aliphatic carbocycles. The minimum Gasteiger partial charge on any atom is -0.426 e. The van der Waals surface area contributed by atoms with Crippen LogP contribution >= 0.6 is 23.0 Å². The summed E-state index contributed by atoms with van der Waals surface area (Å²) in [5, 5.41) is 0. The van der Waals surface area contributed by atoms with Gasteiger partial charge in [-0.05, 0) is 18.6 Å². The van der Waals surface area contributed by atoms with Crippen molar-refractivity contribution in [2.45, 2.75) is 13.3 Å². The van der Waals surface area contributed by atoms with E-state index in [1.165, 1.54) is 0 Å². The van der Waals surface area contributed by atoms with Crippen LogP contribution in [-0.2, 0) is 6.42 Å². The Morgan fingerprint density at radius 1 is 1.70 bits per heavy atom. The fourth-order valence-electron chi connectivity index (χ4n) is 0.759. The Hall–Kier alpha value is -0.320. The van der Waals surface area contributed by atoms with Gasteiger partial charge >= 0.3 is 0 Å². The highest BCUT2D eigenvalue weighted by molar-refractivity contribution is 14.1. The van der Waals surface area contributed by atoms with Crippen LogP contribution in [0.1, 0.15) is 12.6 Å². The maximum atomic E-state index is 5.04. The predicted molar refractivity (Wildman–Crippen MR) is 48.3 cm³/mol. The Labute approximate surface area is 74.3 Å². The number of aromatic nitrogens is 1. The monoisotopic (exact) mass is 249 g/mol. The molecule has 0 radical (unpaired) electrons. The highest BCUT2D eigenvalue weighted by Gasteiger charge is 1.98. The van der Waals surface area contributed by atoms with Crippen molar-refractivity contribution < 1.29 is 3.07 Å². The Balaban J connectivity index is 2.96. The third-order valence-electron chi connectivity index (χ3n) is 1.27. The van der Waals surface area contributed by atoms with Crippen molar-refractivity contribution in [2.24, 2.45) is 0 Å². The molecular formula is C7H8INO. The first-order valence-electron chi connectivity index (χ1n) is 3.11. The molecule has 1 aromatic rings. The number of pyridine rings is 1. The fraction of sp³-hybridized carbons (Fsp3) is 0.286. The lowest BCUT2D eigenvalue weighted by Crippen LogP contribution is -1.88. The zero-order valence-electron chi connectivity index (χ0n) is 5.67. The fourth-order valence-corrected chi connectivity index (χ4v) is 1.16. The molecule has 3 heteroatoms. The van der Waals surface area contributed by atoms with E-state index in [0.29, 0.717) is 0 Å². The third-order valence-corrected chi connectivity index (χ3v) is 1.74. The zero-order valence-corrected chi connectivity index (χ0v) is 7.83. The summed E-state index contributed by atoms with van der Waals surface area (Å²) in [5.41, 5.74) is 1.01. The third kappa shape index (κ3) is 1.59. The van der Waals surface area contributed by atoms with Crippen LogP contribution in [0.5, 0.6) is 5.75 Å². The van der Waals surface area contributed by atoms with Gasteiger partial charge in [0.1, 0.15) is 0 Å². The van der Waals surface area contributed by atoms with E-state index in [0.717, 1.165) is 17.9 Å². The normalized spacial score (nSPS) is 9.40. The van der Waals surface area contributed by atoms with Gasteiger partial charge in [-0.3, -0.25) is 4.98 Å². The topological polar surface area (TPSA) is 22.1 Å². The average Bonchev–Trinajstić information content (AvgIpc) is 2.04. The quantitative estimate of drug-likeness (QED) is 0.750. The maximum absolute atomic E-state index is 5.04. The lowest BCUT2D eigenvalue weighted by atomic mass is 10.3. The number of aryl methyl sites for hydroxylation is 1. The lowest BCUT2D eigenvalue weighted by molar-refractivity contribution is 0.692. The molecule has 0 spiro atoms. The Morgan fingerprint density at radius 3 is 3.00 bits per heavy atom. The molecule has 0 N–H and O–H groups in total. The van der Waals surface area contributed by atoms with Crippen LogP contribution in [0.15, 0.2) is 18.3 Å². The van der Waals surface area contributed by atoms with E-state index in [2.05, 4.69) is 11.9 Å². The standard InChI is InChI=1S/C7H8INO/c1-2-6-7(10-8)4-3-5-9-6/h3-5H,2H2,1H3. The molecule has 1 aromatic heterocycles. The second kappa shape index (κ2) is 3.75. The zero-order chi connectivity index (χ0) is 7.40. The second-order valence-corrected chi connectivity index (χ2v) is 2.32. The average molecular weight is 249 g/mol. The number of hydrogen-bond acceptors (Lipinski definition) is 2. The van der Waals surface area contributed by atoms with Crippen LogP contribution in [0.2, 0.25) is 0 Å². The predicted octanol–water partition coefficient (Wildman–Crippen LogP) is 2.37. The van der Waals surface area contributed by atoms with E-state index in [9.17, 15) is 0 Å². The smallest absolute Gasteiger partial charge is 0.192 e. The van der Waals surface area contributed by atoms with Crippen molar-refractivity contribution in [2.75, 3.05) is 0 Å². The van der Waals surface area contributed by atoms with Crippen molar-refractivity contribution in [3.05, 3.63) is 24.0 Å². The van der Waals surface area contributed by atoms with Crippen LogP contribution in [0.4, 0.5) is 0 Å². The molecule has 0 aliphatic heterocycles. The van der Waals surface area contributed by atoms with Gasteiger partial charge in [0.25, 0.3) is 0 Å². The van der Waals surface area contributed by atoms with Gasteiger partial charge in [0.2, 0.25) is 0 Å². The highest BCUT2D eigenvalue weighted by Crippen LogP contribution is 2.17. The summed E-state index contributed by atoms with van der Waals surface area (Å²) < 4.78 is 5.04. The van der Waals surface area contributed by atoms with Crippen LogP contribution in [-0.4, -0.2) is 4.98 Å². The molecule has 0 unspecified atom stereocenters. The molecule has 0 atom stereocenters. The van der Waals surface area contributed by atoms with E-state index in [1.54, 1.807) is 6.20 Å². The summed E-state index contributed by atoms with van der Waals surface area (Å²) in [5.74, 6) is 0.866. The van der Waals surface area contributed by atoms with E-state index < -0.39 is 0 Å². The van der Waals surface area contributed by atoms with E-state index in [-0.39, 0.29) is 0 Å². The molecule has 0 aliphatic rings. The van der Waals surface area contributed by atoms with E-state index >= 15 is 0 Å². The van der Waals surface area contributed by atoms with E-state index in [4.69, 9.17) is 3.07 Å². The van der Waals surface area contributed by atoms with E-state index in [1.807, 2.05) is 35.1 Å². The summed E-state index contributed by atoms with van der Waals surface area (Å²) in [6.07, 6.45) is 2.69. The van der Waals surface area contributed by atoms with Gasteiger partial charge in [-0.1, -0.05) is 6.92 Å². The van der Waals surface area contributed by atoms with Crippen LogP contribution in [0.3, 0.4) is 0 Å². The van der Waals surface area contributed by atoms with Crippen LogP contribution < -0.4 is 3.07 Å². The SMILES string of the molecule is CCc1ncccc1OI. The van der Waals surface area contributed by atoms with Gasteiger partial charge < -0.3 is 3.07 Å². The van der Waals surface area contributed by atoms with Crippen molar-refractivity contribution in [3.8, 4) is 5.75 Å². The van der Waals surface area contributed by atoms with Crippen LogP contribution in [0, 0.1) is 0 Å². The molecule has 54 valence electrons. The molecule has 1 heterocycles. The number of rotatable bonds is 2. The van der Waals surface area contributed by atoms with Crippen molar-refractivity contribution in [1.82, 2.24) is 4.98 Å². The number of halogens is 1. The van der Waals surface area contributed by atoms with Gasteiger partial charge in [-0.15, -0.1) is 0 Å². The summed E-state index contributed by atoms with van der Waals surface area (Å²) in [7, 11) is 0. The second-order valence-electron chi connectivity index (χ2n) is 1.88. The van der Waals surface area contributed by atoms with Gasteiger partial charge in [0.05, 0.1) is 5.69 Å². The van der Waals surface area contributed by atoms with Crippen molar-refractivity contribution in [3.63, 3.8) is 0 Å². The Bertz CT molecular complexity index is 192. The van der Waals surface area contributed by atoms with Gasteiger partial charge in [0, 0.05) is 6.20 Å². The largest absolute Gasteiger partial charge is 0.426 e. The molecule has 10 heavy (non-hydrogen) atoms. The van der Waals surface area contributed by atoms with Gasteiger partial charge in [0.15, 0.2) is 28.8 Å². The van der Waals surface area contributed by atoms with Gasteiger partial charge in [-0.2, -0.15) is 0 Å². The lowest BCUT2D eigenvalue weighted by Gasteiger charge is -2.00. The van der Waals surface area contributed by atoms with Crippen LogP contribution in [0.25, 0.3) is 0 Å². The molecule has 0 saturated carbocycles. The minimum absolute atomic E-state index is 0.866. The first-order chi connectivity index (χ1) is 4.88. The molecule has 0 amide bonds. The summed E-state index contributed by atoms with van der Waals surface area (Å²) >= 11 is 1.86. The van der Waals surface area contributed by atoms with Crippen molar-refractivity contribution >= 4 is 23.0 Å². The van der Waals surface area contributed by atoms with Gasteiger partial charge in [-0.25, -0.2) is 0 Å². The first-order valence-corrected chi connectivity index (χ1v) is 3.99.